The second-order valence-electron chi connectivity index (χ2n) is 9.86. The molecule has 14 nitrogen and oxygen atoms in total. The highest BCUT2D eigenvalue weighted by Crippen LogP contribution is 2.35. The Bertz CT molecular complexity index is 1660. The van der Waals surface area contributed by atoms with Crippen LogP contribution in [0.5, 0.6) is 11.5 Å². The van der Waals surface area contributed by atoms with Crippen LogP contribution in [0.15, 0.2) is 107 Å². The number of nitro benzene ring substituents is 2. The number of ether oxygens (including phenoxy) is 3. The summed E-state index contributed by atoms with van der Waals surface area (Å²) >= 11 is 4.92. The Morgan fingerprint density at radius 1 is 0.706 bits per heavy atom. The number of rotatable bonds is 13. The third-order valence-corrected chi connectivity index (χ3v) is 11.9. The van der Waals surface area contributed by atoms with Gasteiger partial charge in [0, 0.05) is 58.8 Å². The molecule has 0 bridgehead atoms. The number of hydrogen-bond donors (Lipinski definition) is 1. The number of non-ortho nitro benzene ring substituents is 2. The van der Waals surface area contributed by atoms with Crippen molar-refractivity contribution in [3.63, 3.8) is 0 Å². The second kappa shape index (κ2) is 23.4. The Balaban J connectivity index is 0.000000292. The van der Waals surface area contributed by atoms with E-state index in [9.17, 15) is 34.9 Å². The van der Waals surface area contributed by atoms with Crippen molar-refractivity contribution in [2.45, 2.75) is 60.5 Å². The number of nitro groups is 2. The molecular formula is C32H33ClN4O10S4. The molecular weight excluding hydrogens is 764 g/mol. The lowest BCUT2D eigenvalue weighted by atomic mass is 10.3. The summed E-state index contributed by atoms with van der Waals surface area (Å²) in [7, 11) is 6.28. The maximum atomic E-state index is 11.8. The van der Waals surface area contributed by atoms with Gasteiger partial charge in [0.1, 0.15) is 27.7 Å². The number of halogens is 1. The summed E-state index contributed by atoms with van der Waals surface area (Å²) in [5.74, 6) is 0.358. The molecule has 4 aromatic rings. The lowest BCUT2D eigenvalue weighted by Crippen LogP contribution is -2.25. The zero-order chi connectivity index (χ0) is 37.8. The third kappa shape index (κ3) is 18.1. The monoisotopic (exact) mass is 796 g/mol. The molecule has 2 aromatic carbocycles. The standard InChI is InChI=1S/C16H16N2O5S2.C9H13NOS2.C7H4ClNO4/c1-11(12(2)24-25-15-5-3-4-10-17-15)22-16(19)23-14-8-6-13(7-9-14)18(20)21;1-7(11)8(2)12-13-9-5-3-4-6-10-9;8-7(10)13-6-3-1-5(2-4-6)9(11)12/h3-12H,1-2H3;3-8,11H,1-2H3;1-4H/t11-,12+;7-,8+;/m11./s1. The molecule has 0 aliphatic rings. The van der Waals surface area contributed by atoms with Crippen LogP contribution in [-0.4, -0.2) is 59.2 Å². The molecule has 0 fully saturated rings. The summed E-state index contributed by atoms with van der Waals surface area (Å²) in [5, 5.41) is 32.1. The second-order valence-corrected chi connectivity index (χ2v) is 15.4. The highest BCUT2D eigenvalue weighted by atomic mass is 35.5. The van der Waals surface area contributed by atoms with Crippen LogP contribution in [-0.2, 0) is 4.74 Å². The molecule has 0 saturated carbocycles. The van der Waals surface area contributed by atoms with E-state index in [0.29, 0.717) is 0 Å². The molecule has 0 spiro atoms. The quantitative estimate of drug-likeness (QED) is 0.0335. The van der Waals surface area contributed by atoms with E-state index in [1.165, 1.54) is 70.1 Å². The van der Waals surface area contributed by atoms with Crippen molar-refractivity contribution >= 4 is 77.7 Å². The fourth-order valence-corrected chi connectivity index (χ4v) is 7.42. The summed E-state index contributed by atoms with van der Waals surface area (Å²) in [6.45, 7) is 7.51. The van der Waals surface area contributed by atoms with Crippen LogP contribution in [0.1, 0.15) is 27.7 Å². The van der Waals surface area contributed by atoms with Gasteiger partial charge < -0.3 is 19.3 Å². The van der Waals surface area contributed by atoms with E-state index in [1.807, 2.05) is 50.2 Å². The molecule has 2 heterocycles. The minimum Gasteiger partial charge on any atom is -0.430 e. The van der Waals surface area contributed by atoms with Gasteiger partial charge in [-0.1, -0.05) is 33.7 Å². The molecule has 2 aromatic heterocycles. The van der Waals surface area contributed by atoms with E-state index in [4.69, 9.17) is 21.1 Å². The fraction of sp³-hybridized carbons (Fsp3) is 0.250. The van der Waals surface area contributed by atoms with Crippen molar-refractivity contribution in [1.82, 2.24) is 9.97 Å². The van der Waals surface area contributed by atoms with Gasteiger partial charge in [-0.05, 0) is 97.8 Å². The summed E-state index contributed by atoms with van der Waals surface area (Å²) < 4.78 is 14.7. The first-order valence-electron chi connectivity index (χ1n) is 14.7. The Labute approximate surface area is 314 Å². The van der Waals surface area contributed by atoms with E-state index < -0.39 is 21.4 Å². The molecule has 0 aliphatic heterocycles. The number of aliphatic hydroxyl groups excluding tert-OH is 1. The predicted octanol–water partition coefficient (Wildman–Crippen LogP) is 9.65. The normalized spacial score (nSPS) is 12.6. The number of carbonyl (C=O) groups is 2. The number of aromatic nitrogens is 2. The van der Waals surface area contributed by atoms with Crippen LogP contribution < -0.4 is 9.47 Å². The predicted molar refractivity (Wildman–Crippen MR) is 201 cm³/mol. The van der Waals surface area contributed by atoms with Crippen LogP contribution in [0.3, 0.4) is 0 Å². The molecule has 272 valence electrons. The first-order valence-corrected chi connectivity index (χ1v) is 19.5. The largest absolute Gasteiger partial charge is 0.514 e. The van der Waals surface area contributed by atoms with E-state index >= 15 is 0 Å². The summed E-state index contributed by atoms with van der Waals surface area (Å²) in [5.41, 5.74) is -1.13. The topological polar surface area (TPSA) is 194 Å². The molecule has 0 aliphatic carbocycles. The third-order valence-electron chi connectivity index (χ3n) is 5.96. The Morgan fingerprint density at radius 2 is 1.14 bits per heavy atom. The van der Waals surface area contributed by atoms with Gasteiger partial charge in [0.15, 0.2) is 0 Å². The van der Waals surface area contributed by atoms with E-state index in [0.717, 1.165) is 10.1 Å². The van der Waals surface area contributed by atoms with Gasteiger partial charge in [-0.15, -0.1) is 0 Å². The minimum atomic E-state index is -0.978. The zero-order valence-electron chi connectivity index (χ0n) is 27.5. The molecule has 4 atom stereocenters. The van der Waals surface area contributed by atoms with Crippen molar-refractivity contribution < 1.29 is 38.8 Å². The van der Waals surface area contributed by atoms with Crippen LogP contribution in [0.2, 0.25) is 0 Å². The number of pyridine rings is 2. The van der Waals surface area contributed by atoms with Crippen molar-refractivity contribution in [2.24, 2.45) is 0 Å². The lowest BCUT2D eigenvalue weighted by Gasteiger charge is -2.18. The Kier molecular flexibility index (Phi) is 19.8. The molecule has 0 amide bonds. The number of nitrogens with zero attached hydrogens (tertiary/aromatic N) is 4. The zero-order valence-corrected chi connectivity index (χ0v) is 31.5. The maximum absolute atomic E-state index is 11.8. The van der Waals surface area contributed by atoms with Crippen LogP contribution in [0.4, 0.5) is 21.0 Å². The summed E-state index contributed by atoms with van der Waals surface area (Å²) in [6.07, 6.45) is 1.98. The van der Waals surface area contributed by atoms with Crippen LogP contribution in [0.25, 0.3) is 0 Å². The molecule has 0 radical (unpaired) electrons. The van der Waals surface area contributed by atoms with Gasteiger partial charge in [-0.25, -0.2) is 19.6 Å². The molecule has 1 N–H and O–H groups in total. The van der Waals surface area contributed by atoms with Crippen molar-refractivity contribution in [3.8, 4) is 11.5 Å². The first kappa shape index (κ1) is 43.1. The number of carbonyl (C=O) groups excluding carboxylic acids is 2. The molecule has 0 unspecified atom stereocenters. The van der Waals surface area contributed by atoms with Crippen molar-refractivity contribution in [3.05, 3.63) is 118 Å². The Hall–Kier alpha value is -4.07. The van der Waals surface area contributed by atoms with Crippen molar-refractivity contribution in [1.29, 1.82) is 0 Å². The van der Waals surface area contributed by atoms with Gasteiger partial charge in [0.05, 0.1) is 16.0 Å². The molecule has 0 saturated heterocycles. The smallest absolute Gasteiger partial charge is 0.430 e. The Morgan fingerprint density at radius 3 is 1.51 bits per heavy atom. The van der Waals surface area contributed by atoms with Crippen LogP contribution in [0, 0.1) is 20.2 Å². The average molecular weight is 797 g/mol. The van der Waals surface area contributed by atoms with E-state index in [2.05, 4.69) is 14.7 Å². The SMILES string of the molecule is C[C@H](SSc1ccccn1)[C@@H](C)O.C[C@H](SSc1ccccn1)[C@@H](C)OC(=O)Oc1ccc([N+](=O)[O-])cc1.O=C(Cl)Oc1ccc([N+](=O)[O-])cc1. The molecule has 19 heteroatoms. The fourth-order valence-electron chi connectivity index (χ4n) is 2.93. The van der Waals surface area contributed by atoms with E-state index in [1.54, 1.807) is 47.8 Å². The lowest BCUT2D eigenvalue weighted by molar-refractivity contribution is -0.385. The summed E-state index contributed by atoms with van der Waals surface area (Å²) in [4.78, 5) is 50.1. The minimum absolute atomic E-state index is 0.0106. The van der Waals surface area contributed by atoms with Gasteiger partial charge in [-0.2, -0.15) is 0 Å². The first-order chi connectivity index (χ1) is 24.2. The highest BCUT2D eigenvalue weighted by molar-refractivity contribution is 8.77. The number of hydrogen-bond acceptors (Lipinski definition) is 16. The average Bonchev–Trinajstić information content (AvgIpc) is 3.11. The van der Waals surface area contributed by atoms with Gasteiger partial charge in [0.25, 0.3) is 11.4 Å². The summed E-state index contributed by atoms with van der Waals surface area (Å²) in [6, 6.07) is 21.7. The van der Waals surface area contributed by atoms with Gasteiger partial charge >= 0.3 is 11.6 Å². The maximum Gasteiger partial charge on any atom is 0.514 e. The van der Waals surface area contributed by atoms with Crippen molar-refractivity contribution in [2.75, 3.05) is 0 Å². The number of aliphatic hydroxyl groups is 1. The van der Waals surface area contributed by atoms with E-state index in [-0.39, 0.29) is 45.6 Å². The number of benzene rings is 2. The van der Waals surface area contributed by atoms with Crippen LogP contribution >= 0.6 is 54.8 Å². The highest BCUT2D eigenvalue weighted by Gasteiger charge is 2.20. The molecule has 4 rings (SSSR count). The van der Waals surface area contributed by atoms with Gasteiger partial charge in [0.2, 0.25) is 0 Å². The molecule has 51 heavy (non-hydrogen) atoms. The van der Waals surface area contributed by atoms with Gasteiger partial charge in [-0.3, -0.25) is 20.2 Å².